The molecule has 4 nitrogen and oxygen atoms in total. The topological polar surface area (TPSA) is 41.6 Å². The average molecular weight is 318 g/mol. The number of carbonyl (C=O) groups excluding carboxylic acids is 1. The summed E-state index contributed by atoms with van der Waals surface area (Å²) in [5, 5.41) is 3.20. The Morgan fingerprint density at radius 3 is 2.96 bits per heavy atom. The van der Waals surface area contributed by atoms with Crippen LogP contribution in [0.3, 0.4) is 0 Å². The SMILES string of the molecule is CNCC1CCN(C(=O)CCCCOc2cc(C)ccc2C)C1. The first-order chi connectivity index (χ1) is 11.1. The third-order valence-electron chi connectivity index (χ3n) is 4.52. The second-order valence-corrected chi connectivity index (χ2v) is 6.63. The van der Waals surface area contributed by atoms with E-state index in [4.69, 9.17) is 4.74 Å². The molecule has 0 saturated carbocycles. The van der Waals surface area contributed by atoms with Crippen molar-refractivity contribution in [3.05, 3.63) is 29.3 Å². The van der Waals surface area contributed by atoms with Crippen LogP contribution in [0.25, 0.3) is 0 Å². The number of nitrogens with one attached hydrogen (secondary N) is 1. The maximum atomic E-state index is 12.2. The van der Waals surface area contributed by atoms with Gasteiger partial charge >= 0.3 is 0 Å². The molecule has 1 saturated heterocycles. The van der Waals surface area contributed by atoms with Gasteiger partial charge in [-0.25, -0.2) is 0 Å². The van der Waals surface area contributed by atoms with Gasteiger partial charge in [0.1, 0.15) is 5.75 Å². The van der Waals surface area contributed by atoms with Crippen LogP contribution in [0.5, 0.6) is 5.75 Å². The van der Waals surface area contributed by atoms with Crippen LogP contribution in [0.15, 0.2) is 18.2 Å². The lowest BCUT2D eigenvalue weighted by Crippen LogP contribution is -2.30. The Bertz CT molecular complexity index is 516. The molecule has 0 radical (unpaired) electrons. The Morgan fingerprint density at radius 1 is 1.35 bits per heavy atom. The van der Waals surface area contributed by atoms with Gasteiger partial charge in [0, 0.05) is 19.5 Å². The van der Waals surface area contributed by atoms with Crippen molar-refractivity contribution >= 4 is 5.91 Å². The maximum absolute atomic E-state index is 12.2. The van der Waals surface area contributed by atoms with Gasteiger partial charge in [0.25, 0.3) is 0 Å². The molecule has 2 rings (SSSR count). The molecule has 0 spiro atoms. The molecule has 23 heavy (non-hydrogen) atoms. The van der Waals surface area contributed by atoms with Crippen molar-refractivity contribution in [1.82, 2.24) is 10.2 Å². The lowest BCUT2D eigenvalue weighted by Gasteiger charge is -2.16. The molecule has 1 N–H and O–H groups in total. The van der Waals surface area contributed by atoms with Crippen LogP contribution >= 0.6 is 0 Å². The van der Waals surface area contributed by atoms with Crippen molar-refractivity contribution in [2.24, 2.45) is 5.92 Å². The first kappa shape index (κ1) is 17.8. The summed E-state index contributed by atoms with van der Waals surface area (Å²) in [6.45, 7) is 7.66. The predicted octanol–water partition coefficient (Wildman–Crippen LogP) is 2.92. The van der Waals surface area contributed by atoms with Gasteiger partial charge in [0.2, 0.25) is 5.91 Å². The molecule has 0 bridgehead atoms. The number of rotatable bonds is 8. The summed E-state index contributed by atoms with van der Waals surface area (Å²) < 4.78 is 5.84. The monoisotopic (exact) mass is 318 g/mol. The Morgan fingerprint density at radius 2 is 2.17 bits per heavy atom. The van der Waals surface area contributed by atoms with Crippen molar-refractivity contribution in [2.75, 3.05) is 33.3 Å². The van der Waals surface area contributed by atoms with E-state index < -0.39 is 0 Å². The standard InChI is InChI=1S/C19H30N2O2/c1-15-7-8-16(2)18(12-15)23-11-5-4-6-19(22)21-10-9-17(14-21)13-20-3/h7-8,12,17,20H,4-6,9-11,13-14H2,1-3H3. The zero-order valence-electron chi connectivity index (χ0n) is 14.7. The van der Waals surface area contributed by atoms with Crippen LogP contribution in [0, 0.1) is 19.8 Å². The Labute approximate surface area is 140 Å². The fourth-order valence-corrected chi connectivity index (χ4v) is 3.10. The summed E-state index contributed by atoms with van der Waals surface area (Å²) >= 11 is 0. The van der Waals surface area contributed by atoms with E-state index in [9.17, 15) is 4.79 Å². The maximum Gasteiger partial charge on any atom is 0.222 e. The van der Waals surface area contributed by atoms with Gasteiger partial charge in [-0.3, -0.25) is 4.79 Å². The van der Waals surface area contributed by atoms with E-state index in [1.165, 1.54) is 11.1 Å². The van der Waals surface area contributed by atoms with Crippen molar-refractivity contribution < 1.29 is 9.53 Å². The van der Waals surface area contributed by atoms with E-state index in [1.54, 1.807) is 0 Å². The first-order valence-electron chi connectivity index (χ1n) is 8.72. The fourth-order valence-electron chi connectivity index (χ4n) is 3.10. The third-order valence-corrected chi connectivity index (χ3v) is 4.52. The fraction of sp³-hybridized carbons (Fsp3) is 0.632. The molecular formula is C19H30N2O2. The molecule has 1 aliphatic rings. The summed E-state index contributed by atoms with van der Waals surface area (Å²) in [5.74, 6) is 1.89. The largest absolute Gasteiger partial charge is 0.493 e. The van der Waals surface area contributed by atoms with E-state index in [1.807, 2.05) is 11.9 Å². The highest BCUT2D eigenvalue weighted by Gasteiger charge is 2.24. The van der Waals surface area contributed by atoms with Gasteiger partial charge in [0.15, 0.2) is 0 Å². The number of ether oxygens (including phenoxy) is 1. The van der Waals surface area contributed by atoms with Crippen LogP contribution < -0.4 is 10.1 Å². The van der Waals surface area contributed by atoms with Crippen molar-refractivity contribution in [2.45, 2.75) is 39.5 Å². The van der Waals surface area contributed by atoms with E-state index in [2.05, 4.69) is 37.4 Å². The molecule has 1 amide bonds. The molecule has 1 aromatic rings. The number of hydrogen-bond donors (Lipinski definition) is 1. The summed E-state index contributed by atoms with van der Waals surface area (Å²) in [6.07, 6.45) is 3.59. The second-order valence-electron chi connectivity index (χ2n) is 6.63. The lowest BCUT2D eigenvalue weighted by atomic mass is 10.1. The molecule has 128 valence electrons. The second kappa shape index (κ2) is 8.92. The number of nitrogens with zero attached hydrogens (tertiary/aromatic N) is 1. The van der Waals surface area contributed by atoms with Crippen molar-refractivity contribution in [1.29, 1.82) is 0 Å². The number of carbonyl (C=O) groups is 1. The predicted molar refractivity (Wildman–Crippen MR) is 93.9 cm³/mol. The quantitative estimate of drug-likeness (QED) is 0.749. The molecule has 0 aliphatic carbocycles. The molecule has 1 aromatic carbocycles. The van der Waals surface area contributed by atoms with Gasteiger partial charge in [-0.05, 0) is 69.8 Å². The Hall–Kier alpha value is -1.55. The molecule has 1 heterocycles. The first-order valence-corrected chi connectivity index (χ1v) is 8.72. The van der Waals surface area contributed by atoms with Gasteiger partial charge in [-0.15, -0.1) is 0 Å². The number of amides is 1. The van der Waals surface area contributed by atoms with Crippen LogP contribution in [0.2, 0.25) is 0 Å². The summed E-state index contributed by atoms with van der Waals surface area (Å²) in [7, 11) is 1.97. The number of benzene rings is 1. The number of aryl methyl sites for hydroxylation is 2. The van der Waals surface area contributed by atoms with Gasteiger partial charge in [0.05, 0.1) is 6.61 Å². The number of likely N-dealkylation sites (tertiary alicyclic amines) is 1. The molecule has 0 aromatic heterocycles. The van der Waals surface area contributed by atoms with E-state index in [-0.39, 0.29) is 0 Å². The highest BCUT2D eigenvalue weighted by atomic mass is 16.5. The van der Waals surface area contributed by atoms with Gasteiger partial charge in [-0.1, -0.05) is 12.1 Å². The van der Waals surface area contributed by atoms with Crippen LogP contribution in [0.4, 0.5) is 0 Å². The molecule has 1 aliphatic heterocycles. The molecule has 1 unspecified atom stereocenters. The highest BCUT2D eigenvalue weighted by Crippen LogP contribution is 2.20. The van der Waals surface area contributed by atoms with Crippen molar-refractivity contribution in [3.63, 3.8) is 0 Å². The minimum Gasteiger partial charge on any atom is -0.493 e. The van der Waals surface area contributed by atoms with Crippen LogP contribution in [0.1, 0.15) is 36.8 Å². The Balaban J connectivity index is 1.62. The van der Waals surface area contributed by atoms with Crippen molar-refractivity contribution in [3.8, 4) is 5.75 Å². The smallest absolute Gasteiger partial charge is 0.222 e. The van der Waals surface area contributed by atoms with E-state index in [0.29, 0.717) is 24.9 Å². The minimum atomic E-state index is 0.301. The van der Waals surface area contributed by atoms with E-state index >= 15 is 0 Å². The minimum absolute atomic E-state index is 0.301. The summed E-state index contributed by atoms with van der Waals surface area (Å²) in [5.41, 5.74) is 2.38. The van der Waals surface area contributed by atoms with E-state index in [0.717, 1.165) is 44.6 Å². The number of unbranched alkanes of at least 4 members (excludes halogenated alkanes) is 1. The third kappa shape index (κ3) is 5.54. The lowest BCUT2D eigenvalue weighted by molar-refractivity contribution is -0.130. The molecular weight excluding hydrogens is 288 g/mol. The molecule has 4 heteroatoms. The molecule has 1 atom stereocenters. The Kier molecular flexibility index (Phi) is 6.90. The highest BCUT2D eigenvalue weighted by molar-refractivity contribution is 5.76. The van der Waals surface area contributed by atoms with Crippen LogP contribution in [-0.2, 0) is 4.79 Å². The zero-order valence-corrected chi connectivity index (χ0v) is 14.7. The normalized spacial score (nSPS) is 17.5. The van der Waals surface area contributed by atoms with Gasteiger partial charge < -0.3 is 15.0 Å². The zero-order chi connectivity index (χ0) is 16.7. The average Bonchev–Trinajstić information content (AvgIpc) is 2.99. The number of hydrogen-bond acceptors (Lipinski definition) is 3. The summed E-state index contributed by atoms with van der Waals surface area (Å²) in [4.78, 5) is 14.2. The van der Waals surface area contributed by atoms with Gasteiger partial charge in [-0.2, -0.15) is 0 Å². The molecule has 1 fully saturated rings. The summed E-state index contributed by atoms with van der Waals surface area (Å²) in [6, 6.07) is 6.26. The van der Waals surface area contributed by atoms with Crippen LogP contribution in [-0.4, -0.2) is 44.1 Å².